The Hall–Kier alpha value is -4.56. The average molecular weight is 435 g/mol. The number of hydrogen-bond donors (Lipinski definition) is 0. The Morgan fingerprint density at radius 1 is 0.441 bits per heavy atom. The van der Waals surface area contributed by atoms with Gasteiger partial charge in [-0.15, -0.1) is 0 Å². The topological polar surface area (TPSA) is 8.17 Å². The average Bonchev–Trinajstić information content (AvgIpc) is 3.23. The number of aromatic nitrogens is 1. The largest absolute Gasteiger partial charge is 0.295 e. The summed E-state index contributed by atoms with van der Waals surface area (Å²) in [4.78, 5) is 2.39. The van der Waals surface area contributed by atoms with Crippen molar-refractivity contribution in [3.05, 3.63) is 133 Å². The van der Waals surface area contributed by atoms with E-state index in [1.54, 1.807) is 0 Å². The molecule has 0 bridgehead atoms. The van der Waals surface area contributed by atoms with Crippen LogP contribution in [0.25, 0.3) is 38.8 Å². The highest BCUT2D eigenvalue weighted by Crippen LogP contribution is 2.48. The first-order chi connectivity index (χ1) is 16.9. The first-order valence-electron chi connectivity index (χ1n) is 11.6. The lowest BCUT2D eigenvalue weighted by Crippen LogP contribution is -2.12. The van der Waals surface area contributed by atoms with E-state index < -0.39 is 0 Å². The summed E-state index contributed by atoms with van der Waals surface area (Å²) in [5.41, 5.74) is 9.66. The fourth-order valence-corrected chi connectivity index (χ4v) is 5.18. The fraction of sp³-hybridized carbons (Fsp3) is 0. The van der Waals surface area contributed by atoms with E-state index in [2.05, 4.69) is 143 Å². The third-order valence-corrected chi connectivity index (χ3v) is 6.73. The van der Waals surface area contributed by atoms with Crippen molar-refractivity contribution in [2.24, 2.45) is 0 Å². The highest BCUT2D eigenvalue weighted by Gasteiger charge is 2.27. The molecular formula is C32H22N2. The van der Waals surface area contributed by atoms with Crippen molar-refractivity contribution >= 4 is 28.1 Å². The number of rotatable bonds is 2. The monoisotopic (exact) mass is 434 g/mol. The summed E-state index contributed by atoms with van der Waals surface area (Å²) >= 11 is 0. The van der Waals surface area contributed by atoms with Crippen molar-refractivity contribution in [3.8, 4) is 27.9 Å². The van der Waals surface area contributed by atoms with Crippen LogP contribution in [-0.4, -0.2) is 4.57 Å². The SMILES string of the molecule is c1ccc(-c2ccc(N3c4ccccc4-c4ccccc4-n4c3cc3ccccc34)cc2)cc1. The Labute approximate surface area is 199 Å². The van der Waals surface area contributed by atoms with E-state index in [1.165, 1.54) is 44.5 Å². The number of fused-ring (bicyclic) bond motifs is 7. The van der Waals surface area contributed by atoms with Crippen LogP contribution in [0.4, 0.5) is 17.2 Å². The van der Waals surface area contributed by atoms with Gasteiger partial charge >= 0.3 is 0 Å². The molecule has 0 atom stereocenters. The number of hydrogen-bond acceptors (Lipinski definition) is 1. The van der Waals surface area contributed by atoms with Crippen molar-refractivity contribution in [2.75, 3.05) is 4.90 Å². The molecule has 7 rings (SSSR count). The van der Waals surface area contributed by atoms with Gasteiger partial charge in [0, 0.05) is 22.2 Å². The molecule has 5 aromatic carbocycles. The van der Waals surface area contributed by atoms with Crippen molar-refractivity contribution in [1.82, 2.24) is 4.57 Å². The molecule has 2 heteroatoms. The Kier molecular flexibility index (Phi) is 4.18. The van der Waals surface area contributed by atoms with Gasteiger partial charge in [-0.05, 0) is 47.5 Å². The fourth-order valence-electron chi connectivity index (χ4n) is 5.18. The molecule has 0 N–H and O–H groups in total. The molecule has 1 aromatic heterocycles. The summed E-state index contributed by atoms with van der Waals surface area (Å²) in [5, 5.41) is 1.23. The Morgan fingerprint density at radius 2 is 1.03 bits per heavy atom. The second kappa shape index (κ2) is 7.50. The highest BCUT2D eigenvalue weighted by molar-refractivity contribution is 5.99. The smallest absolute Gasteiger partial charge is 0.123 e. The molecule has 0 amide bonds. The zero-order chi connectivity index (χ0) is 22.5. The lowest BCUT2D eigenvalue weighted by molar-refractivity contribution is 1.09. The summed E-state index contributed by atoms with van der Waals surface area (Å²) in [6.07, 6.45) is 0. The van der Waals surface area contributed by atoms with Crippen molar-refractivity contribution in [1.29, 1.82) is 0 Å². The summed E-state index contributed by atoms with van der Waals surface area (Å²) in [6, 6.07) is 47.8. The molecule has 0 spiro atoms. The van der Waals surface area contributed by atoms with Gasteiger partial charge < -0.3 is 0 Å². The van der Waals surface area contributed by atoms with Crippen LogP contribution in [0.15, 0.2) is 133 Å². The minimum absolute atomic E-state index is 1.14. The molecule has 0 fully saturated rings. The van der Waals surface area contributed by atoms with Gasteiger partial charge in [0.15, 0.2) is 0 Å². The molecule has 1 aliphatic rings. The molecule has 0 radical (unpaired) electrons. The maximum atomic E-state index is 2.40. The van der Waals surface area contributed by atoms with Gasteiger partial charge in [0.2, 0.25) is 0 Å². The van der Waals surface area contributed by atoms with Crippen LogP contribution < -0.4 is 4.90 Å². The molecule has 2 nitrogen and oxygen atoms in total. The minimum atomic E-state index is 1.14. The Balaban J connectivity index is 1.51. The molecule has 1 aliphatic heterocycles. The number of benzene rings is 5. The van der Waals surface area contributed by atoms with Gasteiger partial charge in [-0.3, -0.25) is 9.47 Å². The molecule has 0 unspecified atom stereocenters. The van der Waals surface area contributed by atoms with Crippen LogP contribution in [0.3, 0.4) is 0 Å². The predicted octanol–water partition coefficient (Wildman–Crippen LogP) is 8.75. The van der Waals surface area contributed by atoms with E-state index in [9.17, 15) is 0 Å². The minimum Gasteiger partial charge on any atom is -0.295 e. The van der Waals surface area contributed by atoms with Gasteiger partial charge in [0.05, 0.1) is 16.9 Å². The van der Waals surface area contributed by atoms with E-state index in [4.69, 9.17) is 0 Å². The van der Waals surface area contributed by atoms with E-state index in [-0.39, 0.29) is 0 Å². The zero-order valence-electron chi connectivity index (χ0n) is 18.6. The molecular weight excluding hydrogens is 412 g/mol. The molecule has 0 aliphatic carbocycles. The van der Waals surface area contributed by atoms with Crippen molar-refractivity contribution in [2.45, 2.75) is 0 Å². The standard InChI is InChI=1S/C32H22N2/c1-2-10-23(11-3-1)24-18-20-26(21-19-24)33-30-16-8-5-13-27(30)28-14-6-9-17-31(28)34-29-15-7-4-12-25(29)22-32(33)34/h1-22H. The molecule has 34 heavy (non-hydrogen) atoms. The second-order valence-electron chi connectivity index (χ2n) is 8.68. The Bertz CT molecular complexity index is 1640. The molecule has 2 heterocycles. The lowest BCUT2D eigenvalue weighted by atomic mass is 10.0. The zero-order valence-corrected chi connectivity index (χ0v) is 18.6. The van der Waals surface area contributed by atoms with E-state index in [0.29, 0.717) is 0 Å². The first kappa shape index (κ1) is 19.0. The van der Waals surface area contributed by atoms with Crippen LogP contribution >= 0.6 is 0 Å². The lowest BCUT2D eigenvalue weighted by Gasteiger charge is -2.26. The van der Waals surface area contributed by atoms with Gasteiger partial charge in [-0.25, -0.2) is 0 Å². The third-order valence-electron chi connectivity index (χ3n) is 6.73. The molecule has 0 saturated carbocycles. The maximum absolute atomic E-state index is 2.40. The van der Waals surface area contributed by atoms with E-state index >= 15 is 0 Å². The molecule has 0 saturated heterocycles. The summed E-state index contributed by atoms with van der Waals surface area (Å²) in [6.45, 7) is 0. The van der Waals surface area contributed by atoms with Crippen LogP contribution in [0.2, 0.25) is 0 Å². The van der Waals surface area contributed by atoms with Crippen LogP contribution in [0.5, 0.6) is 0 Å². The van der Waals surface area contributed by atoms with Crippen molar-refractivity contribution < 1.29 is 0 Å². The van der Waals surface area contributed by atoms with E-state index in [0.717, 1.165) is 11.5 Å². The van der Waals surface area contributed by atoms with Gasteiger partial charge in [0.1, 0.15) is 5.82 Å². The number of anilines is 3. The molecule has 160 valence electrons. The van der Waals surface area contributed by atoms with Crippen LogP contribution in [0.1, 0.15) is 0 Å². The summed E-state index contributed by atoms with van der Waals surface area (Å²) in [7, 11) is 0. The number of nitrogens with zero attached hydrogens (tertiary/aromatic N) is 2. The van der Waals surface area contributed by atoms with Gasteiger partial charge in [-0.2, -0.15) is 0 Å². The highest BCUT2D eigenvalue weighted by atomic mass is 15.3. The van der Waals surface area contributed by atoms with Crippen LogP contribution in [0, 0.1) is 0 Å². The quantitative estimate of drug-likeness (QED) is 0.264. The van der Waals surface area contributed by atoms with Crippen LogP contribution in [-0.2, 0) is 0 Å². The Morgan fingerprint density at radius 3 is 1.82 bits per heavy atom. The second-order valence-corrected chi connectivity index (χ2v) is 8.68. The normalized spacial score (nSPS) is 12.1. The first-order valence-corrected chi connectivity index (χ1v) is 11.6. The summed E-state index contributed by atoms with van der Waals surface area (Å²) < 4.78 is 2.40. The van der Waals surface area contributed by atoms with Gasteiger partial charge in [0.25, 0.3) is 0 Å². The molecule has 6 aromatic rings. The van der Waals surface area contributed by atoms with E-state index in [1.807, 2.05) is 0 Å². The van der Waals surface area contributed by atoms with Crippen molar-refractivity contribution in [3.63, 3.8) is 0 Å². The third kappa shape index (κ3) is 2.82. The predicted molar refractivity (Wildman–Crippen MR) is 142 cm³/mol. The number of para-hydroxylation sites is 3. The maximum Gasteiger partial charge on any atom is 0.123 e. The van der Waals surface area contributed by atoms with Gasteiger partial charge in [-0.1, -0.05) is 97.1 Å². The summed E-state index contributed by atoms with van der Waals surface area (Å²) in [5.74, 6) is 1.14.